The van der Waals surface area contributed by atoms with Gasteiger partial charge in [-0.3, -0.25) is 4.79 Å². The van der Waals surface area contributed by atoms with Gasteiger partial charge in [0.2, 0.25) is 0 Å². The Hall–Kier alpha value is -0.610. The van der Waals surface area contributed by atoms with Crippen molar-refractivity contribution in [2.24, 2.45) is 5.41 Å². The molecule has 2 aliphatic rings. The van der Waals surface area contributed by atoms with E-state index in [0.717, 1.165) is 19.3 Å². The lowest BCUT2D eigenvalue weighted by Crippen LogP contribution is -2.72. The van der Waals surface area contributed by atoms with Gasteiger partial charge in [-0.05, 0) is 12.8 Å². The van der Waals surface area contributed by atoms with Crippen molar-refractivity contribution in [3.63, 3.8) is 0 Å². The summed E-state index contributed by atoms with van der Waals surface area (Å²) in [6.45, 7) is 1.03. The van der Waals surface area contributed by atoms with Crippen LogP contribution in [0.4, 0.5) is 0 Å². The second-order valence-electron chi connectivity index (χ2n) is 4.06. The van der Waals surface area contributed by atoms with Gasteiger partial charge in [-0.2, -0.15) is 0 Å². The molecule has 1 aliphatic carbocycles. The summed E-state index contributed by atoms with van der Waals surface area (Å²) in [6.07, 6.45) is 2.53. The maximum atomic E-state index is 11.5. The van der Waals surface area contributed by atoms with Crippen molar-refractivity contribution in [1.29, 1.82) is 0 Å². The molecular formula is C9H15NO3. The Morgan fingerprint density at radius 2 is 2.08 bits per heavy atom. The molecule has 1 aliphatic heterocycles. The number of hydrogen-bond acceptors (Lipinski definition) is 4. The first-order valence-electron chi connectivity index (χ1n) is 4.66. The molecule has 2 rings (SSSR count). The van der Waals surface area contributed by atoms with Crippen molar-refractivity contribution in [2.75, 3.05) is 20.2 Å². The molecule has 4 nitrogen and oxygen atoms in total. The summed E-state index contributed by atoms with van der Waals surface area (Å²) in [4.78, 5) is 11.5. The monoisotopic (exact) mass is 185 g/mol. The molecule has 0 atom stereocenters. The molecule has 2 N–H and O–H groups in total. The second-order valence-corrected chi connectivity index (χ2v) is 4.06. The molecular weight excluding hydrogens is 170 g/mol. The normalized spacial score (nSPS) is 28.5. The smallest absolute Gasteiger partial charge is 0.314 e. The van der Waals surface area contributed by atoms with E-state index >= 15 is 0 Å². The average molecular weight is 185 g/mol. The molecule has 13 heavy (non-hydrogen) atoms. The largest absolute Gasteiger partial charge is 0.469 e. The third kappa shape index (κ3) is 0.957. The fourth-order valence-corrected chi connectivity index (χ4v) is 2.29. The Morgan fingerprint density at radius 3 is 2.31 bits per heavy atom. The number of methoxy groups -OCH3 is 1. The van der Waals surface area contributed by atoms with Crippen molar-refractivity contribution in [1.82, 2.24) is 5.32 Å². The molecule has 0 bridgehead atoms. The summed E-state index contributed by atoms with van der Waals surface area (Å²) in [5.74, 6) is -0.247. The van der Waals surface area contributed by atoms with Gasteiger partial charge in [-0.1, -0.05) is 6.42 Å². The van der Waals surface area contributed by atoms with Crippen molar-refractivity contribution in [2.45, 2.75) is 24.9 Å². The summed E-state index contributed by atoms with van der Waals surface area (Å²) in [6, 6.07) is 0. The Bertz CT molecular complexity index is 231. The molecule has 1 saturated heterocycles. The number of nitrogens with one attached hydrogen (secondary N) is 1. The van der Waals surface area contributed by atoms with Crippen LogP contribution >= 0.6 is 0 Å². The van der Waals surface area contributed by atoms with Crippen molar-refractivity contribution < 1.29 is 14.6 Å². The van der Waals surface area contributed by atoms with Crippen LogP contribution in [0.25, 0.3) is 0 Å². The van der Waals surface area contributed by atoms with Crippen LogP contribution < -0.4 is 5.32 Å². The fraction of sp³-hybridized carbons (Fsp3) is 0.889. The van der Waals surface area contributed by atoms with Gasteiger partial charge in [0.1, 0.15) is 5.60 Å². The number of ether oxygens (including phenoxy) is 1. The Morgan fingerprint density at radius 1 is 1.46 bits per heavy atom. The van der Waals surface area contributed by atoms with Gasteiger partial charge in [0.15, 0.2) is 0 Å². The third-order valence-corrected chi connectivity index (χ3v) is 3.51. The number of β-amino-alcohol motifs (C(OH)–C–C–N with tert-alkyl or cyclic N) is 1. The second kappa shape index (κ2) is 2.69. The van der Waals surface area contributed by atoms with Crippen LogP contribution in [-0.4, -0.2) is 36.9 Å². The van der Waals surface area contributed by atoms with E-state index in [1.165, 1.54) is 7.11 Å². The highest BCUT2D eigenvalue weighted by atomic mass is 16.5. The first kappa shape index (κ1) is 8.97. The standard InChI is InChI=1S/C9H15NO3/c1-13-7(11)8(3-2-4-8)9(12)5-10-6-9/h10,12H,2-6H2,1H3. The van der Waals surface area contributed by atoms with E-state index in [1.54, 1.807) is 0 Å². The Kier molecular flexibility index (Phi) is 1.85. The molecule has 0 aromatic rings. The van der Waals surface area contributed by atoms with E-state index in [-0.39, 0.29) is 5.97 Å². The average Bonchev–Trinajstić information content (AvgIpc) is 1.98. The lowest BCUT2D eigenvalue weighted by Gasteiger charge is -2.55. The summed E-state index contributed by atoms with van der Waals surface area (Å²) in [7, 11) is 1.39. The number of hydrogen-bond donors (Lipinski definition) is 2. The summed E-state index contributed by atoms with van der Waals surface area (Å²) in [5, 5.41) is 13.1. The molecule has 74 valence electrons. The van der Waals surface area contributed by atoms with E-state index < -0.39 is 11.0 Å². The third-order valence-electron chi connectivity index (χ3n) is 3.51. The molecule has 2 fully saturated rings. The highest BCUT2D eigenvalue weighted by Gasteiger charge is 2.62. The first-order chi connectivity index (χ1) is 6.15. The van der Waals surface area contributed by atoms with Crippen molar-refractivity contribution >= 4 is 5.97 Å². The van der Waals surface area contributed by atoms with Gasteiger partial charge in [-0.15, -0.1) is 0 Å². The van der Waals surface area contributed by atoms with Crippen LogP contribution in [-0.2, 0) is 9.53 Å². The number of carbonyl (C=O) groups is 1. The number of aliphatic hydroxyl groups is 1. The molecule has 0 radical (unpaired) electrons. The van der Waals surface area contributed by atoms with Gasteiger partial charge < -0.3 is 15.2 Å². The molecule has 0 amide bonds. The molecule has 0 spiro atoms. The maximum absolute atomic E-state index is 11.5. The van der Waals surface area contributed by atoms with E-state index in [2.05, 4.69) is 5.32 Å². The van der Waals surface area contributed by atoms with Gasteiger partial charge in [-0.25, -0.2) is 0 Å². The first-order valence-corrected chi connectivity index (χ1v) is 4.66. The molecule has 0 aromatic heterocycles. The lowest BCUT2D eigenvalue weighted by molar-refractivity contribution is -0.197. The highest BCUT2D eigenvalue weighted by molar-refractivity contribution is 5.80. The van der Waals surface area contributed by atoms with E-state index in [0.29, 0.717) is 13.1 Å². The zero-order valence-electron chi connectivity index (χ0n) is 7.80. The summed E-state index contributed by atoms with van der Waals surface area (Å²) < 4.78 is 4.75. The van der Waals surface area contributed by atoms with Crippen LogP contribution in [0.5, 0.6) is 0 Å². The predicted molar refractivity (Wildman–Crippen MR) is 46.1 cm³/mol. The van der Waals surface area contributed by atoms with Gasteiger partial charge in [0, 0.05) is 13.1 Å². The van der Waals surface area contributed by atoms with E-state index in [1.807, 2.05) is 0 Å². The van der Waals surface area contributed by atoms with Gasteiger partial charge >= 0.3 is 5.97 Å². The summed E-state index contributed by atoms with van der Waals surface area (Å²) in [5.41, 5.74) is -1.45. The van der Waals surface area contributed by atoms with Crippen molar-refractivity contribution in [3.05, 3.63) is 0 Å². The number of carbonyl (C=O) groups excluding carboxylic acids is 1. The minimum atomic E-state index is -0.849. The van der Waals surface area contributed by atoms with Crippen LogP contribution in [0.3, 0.4) is 0 Å². The molecule has 0 aromatic carbocycles. The molecule has 1 saturated carbocycles. The SMILES string of the molecule is COC(=O)C1(C2(O)CNC2)CCC1. The van der Waals surface area contributed by atoms with E-state index in [9.17, 15) is 9.90 Å². The molecule has 1 heterocycles. The topological polar surface area (TPSA) is 58.6 Å². The molecule has 4 heteroatoms. The Balaban J connectivity index is 2.19. The summed E-state index contributed by atoms with van der Waals surface area (Å²) >= 11 is 0. The number of esters is 1. The zero-order chi connectivity index (χ0) is 9.53. The van der Waals surface area contributed by atoms with Crippen molar-refractivity contribution in [3.8, 4) is 0 Å². The van der Waals surface area contributed by atoms with Gasteiger partial charge in [0.05, 0.1) is 12.5 Å². The zero-order valence-corrected chi connectivity index (χ0v) is 7.80. The van der Waals surface area contributed by atoms with Crippen LogP contribution in [0, 0.1) is 5.41 Å². The van der Waals surface area contributed by atoms with Crippen LogP contribution in [0.15, 0.2) is 0 Å². The minimum Gasteiger partial charge on any atom is -0.469 e. The fourth-order valence-electron chi connectivity index (χ4n) is 2.29. The van der Waals surface area contributed by atoms with Gasteiger partial charge in [0.25, 0.3) is 0 Å². The Labute approximate surface area is 77.3 Å². The highest BCUT2D eigenvalue weighted by Crippen LogP contribution is 2.51. The predicted octanol–water partition coefficient (Wildman–Crippen LogP) is -0.336. The van der Waals surface area contributed by atoms with E-state index in [4.69, 9.17) is 4.74 Å². The molecule has 0 unspecified atom stereocenters. The minimum absolute atomic E-state index is 0.247. The number of rotatable bonds is 2. The van der Waals surface area contributed by atoms with Crippen LogP contribution in [0.2, 0.25) is 0 Å². The quantitative estimate of drug-likeness (QED) is 0.578. The maximum Gasteiger partial charge on any atom is 0.314 e. The lowest BCUT2D eigenvalue weighted by atomic mass is 9.56. The van der Waals surface area contributed by atoms with Crippen LogP contribution in [0.1, 0.15) is 19.3 Å².